The minimum Gasteiger partial charge on any atom is -0.391 e. The molecule has 2 aromatic rings. The number of aliphatic hydroxyl groups excluding tert-OH is 1. The zero-order valence-corrected chi connectivity index (χ0v) is 11.5. The van der Waals surface area contributed by atoms with Crippen LogP contribution >= 0.6 is 22.9 Å². The molecule has 0 saturated carbocycles. The van der Waals surface area contributed by atoms with Gasteiger partial charge in [0.15, 0.2) is 0 Å². The minimum absolute atomic E-state index is 0.145. The van der Waals surface area contributed by atoms with Crippen molar-refractivity contribution < 1.29 is 13.5 Å². The van der Waals surface area contributed by atoms with Crippen LogP contribution in [0.2, 0.25) is 5.02 Å². The molecule has 1 aromatic heterocycles. The number of aliphatic hydroxyl groups is 1. The van der Waals surface area contributed by atoms with E-state index in [1.54, 1.807) is 24.3 Å². The van der Waals surface area contributed by atoms with Gasteiger partial charge in [0.25, 0.3) is 10.0 Å². The van der Waals surface area contributed by atoms with Crippen LogP contribution in [0.3, 0.4) is 0 Å². The number of rotatable bonds is 4. The molecular weight excluding hydrogens is 294 g/mol. The highest BCUT2D eigenvalue weighted by Crippen LogP contribution is 2.22. The topological polar surface area (TPSA) is 66.4 Å². The Morgan fingerprint density at radius 3 is 2.50 bits per heavy atom. The first kappa shape index (κ1) is 13.4. The molecule has 2 N–H and O–H groups in total. The lowest BCUT2D eigenvalue weighted by Crippen LogP contribution is -2.11. The summed E-state index contributed by atoms with van der Waals surface area (Å²) in [6.07, 6.45) is 0. The second kappa shape index (κ2) is 5.27. The minimum atomic E-state index is -3.61. The zero-order chi connectivity index (χ0) is 13.2. The van der Waals surface area contributed by atoms with Gasteiger partial charge in [0.1, 0.15) is 0 Å². The summed E-state index contributed by atoms with van der Waals surface area (Å²) in [7, 11) is -3.61. The van der Waals surface area contributed by atoms with E-state index < -0.39 is 10.0 Å². The third kappa shape index (κ3) is 3.02. The summed E-state index contributed by atoms with van der Waals surface area (Å²) in [5, 5.41) is 10.9. The van der Waals surface area contributed by atoms with Gasteiger partial charge in [-0.2, -0.15) is 0 Å². The van der Waals surface area contributed by atoms with Crippen LogP contribution in [0, 0.1) is 0 Å². The van der Waals surface area contributed by atoms with Crippen molar-refractivity contribution in [3.05, 3.63) is 45.6 Å². The van der Waals surface area contributed by atoms with E-state index in [-0.39, 0.29) is 11.5 Å². The zero-order valence-electron chi connectivity index (χ0n) is 9.13. The normalized spacial score (nSPS) is 11.4. The summed E-state index contributed by atoms with van der Waals surface area (Å²) in [6, 6.07) is 7.82. The molecule has 0 atom stereocenters. The maximum Gasteiger partial charge on any atom is 0.262 e. The summed E-state index contributed by atoms with van der Waals surface area (Å²) < 4.78 is 26.4. The fourth-order valence-corrected chi connectivity index (χ4v) is 3.63. The van der Waals surface area contributed by atoms with Crippen molar-refractivity contribution in [2.75, 3.05) is 4.72 Å². The molecule has 2 rings (SSSR count). The first-order valence-corrected chi connectivity index (χ1v) is 7.72. The van der Waals surface area contributed by atoms with Crippen LogP contribution in [0.4, 0.5) is 5.69 Å². The second-order valence-electron chi connectivity index (χ2n) is 3.52. The van der Waals surface area contributed by atoms with Gasteiger partial charge in [0.05, 0.1) is 11.5 Å². The Balaban J connectivity index is 2.24. The standard InChI is InChI=1S/C11H10ClNO3S2/c12-8-1-3-9(4-2-8)13-18(15,16)11-5-10(6-14)17-7-11/h1-5,7,13-14H,6H2. The van der Waals surface area contributed by atoms with Crippen LogP contribution in [-0.2, 0) is 16.6 Å². The summed E-state index contributed by atoms with van der Waals surface area (Å²) in [5.74, 6) is 0. The molecule has 0 spiro atoms. The van der Waals surface area contributed by atoms with E-state index in [0.717, 1.165) is 0 Å². The number of halogens is 1. The van der Waals surface area contributed by atoms with E-state index in [9.17, 15) is 8.42 Å². The lowest BCUT2D eigenvalue weighted by atomic mass is 10.3. The van der Waals surface area contributed by atoms with Crippen molar-refractivity contribution in [1.82, 2.24) is 0 Å². The number of sulfonamides is 1. The molecule has 0 bridgehead atoms. The molecule has 0 unspecified atom stereocenters. The van der Waals surface area contributed by atoms with Gasteiger partial charge in [-0.15, -0.1) is 11.3 Å². The Hall–Kier alpha value is -1.08. The van der Waals surface area contributed by atoms with E-state index in [4.69, 9.17) is 16.7 Å². The van der Waals surface area contributed by atoms with Crippen LogP contribution in [0.5, 0.6) is 0 Å². The summed E-state index contributed by atoms with van der Waals surface area (Å²) >= 11 is 6.92. The lowest BCUT2D eigenvalue weighted by Gasteiger charge is -2.06. The molecule has 0 aliphatic rings. The monoisotopic (exact) mass is 303 g/mol. The van der Waals surface area contributed by atoms with Gasteiger partial charge in [-0.1, -0.05) is 11.6 Å². The van der Waals surface area contributed by atoms with Crippen molar-refractivity contribution >= 4 is 38.6 Å². The molecule has 1 heterocycles. The molecule has 4 nitrogen and oxygen atoms in total. The molecule has 0 aliphatic heterocycles. The maximum atomic E-state index is 12.0. The van der Waals surface area contributed by atoms with Crippen molar-refractivity contribution in [3.63, 3.8) is 0 Å². The van der Waals surface area contributed by atoms with Crippen LogP contribution in [-0.4, -0.2) is 13.5 Å². The average Bonchev–Trinajstić information content (AvgIpc) is 2.81. The van der Waals surface area contributed by atoms with E-state index in [2.05, 4.69) is 4.72 Å². The van der Waals surface area contributed by atoms with Crippen LogP contribution in [0.15, 0.2) is 40.6 Å². The van der Waals surface area contributed by atoms with Crippen LogP contribution in [0.1, 0.15) is 4.88 Å². The predicted octanol–water partition coefficient (Wildman–Crippen LogP) is 2.69. The molecule has 0 amide bonds. The van der Waals surface area contributed by atoms with E-state index in [1.165, 1.54) is 22.8 Å². The number of nitrogens with one attached hydrogen (secondary N) is 1. The second-order valence-corrected chi connectivity index (χ2v) is 6.63. The smallest absolute Gasteiger partial charge is 0.262 e. The Labute approximate surface area is 114 Å². The highest BCUT2D eigenvalue weighted by atomic mass is 35.5. The quantitative estimate of drug-likeness (QED) is 0.912. The molecule has 96 valence electrons. The van der Waals surface area contributed by atoms with Gasteiger partial charge < -0.3 is 5.11 Å². The third-order valence-electron chi connectivity index (χ3n) is 2.19. The Bertz CT molecular complexity index is 635. The van der Waals surface area contributed by atoms with E-state index in [1.807, 2.05) is 0 Å². The largest absolute Gasteiger partial charge is 0.391 e. The summed E-state index contributed by atoms with van der Waals surface area (Å²) in [4.78, 5) is 0.748. The van der Waals surface area contributed by atoms with Gasteiger partial charge in [-0.05, 0) is 30.3 Å². The van der Waals surface area contributed by atoms with E-state index in [0.29, 0.717) is 15.6 Å². The summed E-state index contributed by atoms with van der Waals surface area (Å²) in [5.41, 5.74) is 0.441. The van der Waals surface area contributed by atoms with Crippen molar-refractivity contribution in [3.8, 4) is 0 Å². The fourth-order valence-electron chi connectivity index (χ4n) is 1.32. The molecule has 7 heteroatoms. The van der Waals surface area contributed by atoms with Gasteiger partial charge >= 0.3 is 0 Å². The number of anilines is 1. The Kier molecular flexibility index (Phi) is 3.91. The Morgan fingerprint density at radius 2 is 1.94 bits per heavy atom. The van der Waals surface area contributed by atoms with Crippen molar-refractivity contribution in [2.45, 2.75) is 11.5 Å². The highest BCUT2D eigenvalue weighted by molar-refractivity contribution is 7.92. The molecule has 0 saturated heterocycles. The molecule has 0 radical (unpaired) electrons. The Morgan fingerprint density at radius 1 is 1.28 bits per heavy atom. The molecular formula is C11H10ClNO3S2. The SMILES string of the molecule is O=S(=O)(Nc1ccc(Cl)cc1)c1csc(CO)c1. The number of thiophene rings is 1. The maximum absolute atomic E-state index is 12.0. The van der Waals surface area contributed by atoms with Gasteiger partial charge in [0, 0.05) is 21.0 Å². The molecule has 0 aliphatic carbocycles. The van der Waals surface area contributed by atoms with Crippen molar-refractivity contribution in [2.24, 2.45) is 0 Å². The van der Waals surface area contributed by atoms with Crippen molar-refractivity contribution in [1.29, 1.82) is 0 Å². The lowest BCUT2D eigenvalue weighted by molar-refractivity contribution is 0.285. The highest BCUT2D eigenvalue weighted by Gasteiger charge is 2.16. The number of benzene rings is 1. The molecule has 1 aromatic carbocycles. The van der Waals surface area contributed by atoms with Crippen LogP contribution < -0.4 is 4.72 Å². The predicted molar refractivity (Wildman–Crippen MR) is 72.5 cm³/mol. The summed E-state index contributed by atoms with van der Waals surface area (Å²) in [6.45, 7) is -0.166. The van der Waals surface area contributed by atoms with Gasteiger partial charge in [0.2, 0.25) is 0 Å². The molecule has 0 fully saturated rings. The number of hydrogen-bond acceptors (Lipinski definition) is 4. The number of hydrogen-bond donors (Lipinski definition) is 2. The first-order chi connectivity index (χ1) is 8.51. The molecule has 18 heavy (non-hydrogen) atoms. The first-order valence-electron chi connectivity index (χ1n) is 4.98. The van der Waals surface area contributed by atoms with Gasteiger partial charge in [-0.3, -0.25) is 4.72 Å². The van der Waals surface area contributed by atoms with Gasteiger partial charge in [-0.25, -0.2) is 8.42 Å². The van der Waals surface area contributed by atoms with E-state index >= 15 is 0 Å². The van der Waals surface area contributed by atoms with Crippen LogP contribution in [0.25, 0.3) is 0 Å². The average molecular weight is 304 g/mol. The third-order valence-corrected chi connectivity index (χ3v) is 4.88. The fraction of sp³-hybridized carbons (Fsp3) is 0.0909.